The van der Waals surface area contributed by atoms with Crippen LogP contribution in [0.25, 0.3) is 0 Å². The maximum absolute atomic E-state index is 13.2. The molecule has 0 N–H and O–H groups in total. The third-order valence-electron chi connectivity index (χ3n) is 4.73. The third kappa shape index (κ3) is 2.28. The SMILES string of the molecule is CC1CC2(CCC2)CN1Sc1cccc2c1OC(F)(F)O2. The number of hydrogen-bond donors (Lipinski definition) is 0. The van der Waals surface area contributed by atoms with Gasteiger partial charge in [0.25, 0.3) is 0 Å². The summed E-state index contributed by atoms with van der Waals surface area (Å²) in [5.41, 5.74) is 0.464. The minimum absolute atomic E-state index is 0.121. The van der Waals surface area contributed by atoms with E-state index in [9.17, 15) is 8.78 Å². The van der Waals surface area contributed by atoms with Gasteiger partial charge in [0.1, 0.15) is 0 Å². The van der Waals surface area contributed by atoms with E-state index in [1.807, 2.05) is 6.07 Å². The molecule has 1 unspecified atom stereocenters. The van der Waals surface area contributed by atoms with E-state index in [0.717, 1.165) is 6.54 Å². The van der Waals surface area contributed by atoms with E-state index in [1.165, 1.54) is 43.7 Å². The van der Waals surface area contributed by atoms with Crippen LogP contribution >= 0.6 is 11.9 Å². The van der Waals surface area contributed by atoms with Gasteiger partial charge in [0, 0.05) is 12.6 Å². The molecule has 1 aliphatic carbocycles. The molecule has 6 heteroatoms. The zero-order valence-corrected chi connectivity index (χ0v) is 12.6. The second kappa shape index (κ2) is 4.49. The fraction of sp³-hybridized carbons (Fsp3) is 0.600. The van der Waals surface area contributed by atoms with Gasteiger partial charge in [-0.05, 0) is 55.7 Å². The summed E-state index contributed by atoms with van der Waals surface area (Å²) < 4.78 is 37.9. The number of benzene rings is 1. The topological polar surface area (TPSA) is 21.7 Å². The number of hydrogen-bond acceptors (Lipinski definition) is 4. The monoisotopic (exact) mass is 313 g/mol. The Morgan fingerprint density at radius 1 is 1.29 bits per heavy atom. The summed E-state index contributed by atoms with van der Waals surface area (Å²) in [6, 6.07) is 5.51. The lowest BCUT2D eigenvalue weighted by Crippen LogP contribution is -2.31. The summed E-state index contributed by atoms with van der Waals surface area (Å²) in [6.45, 7) is 3.23. The Balaban J connectivity index is 1.55. The number of halogens is 2. The average Bonchev–Trinajstić information content (AvgIpc) is 2.86. The molecule has 0 amide bonds. The second-order valence-corrected chi connectivity index (χ2v) is 7.42. The first-order valence-corrected chi connectivity index (χ1v) is 8.07. The quantitative estimate of drug-likeness (QED) is 0.760. The van der Waals surface area contributed by atoms with E-state index in [-0.39, 0.29) is 11.5 Å². The van der Waals surface area contributed by atoms with Crippen LogP contribution in [-0.2, 0) is 0 Å². The summed E-state index contributed by atoms with van der Waals surface area (Å²) in [7, 11) is 0. The molecule has 0 aromatic heterocycles. The molecule has 1 aromatic rings. The highest BCUT2D eigenvalue weighted by Crippen LogP contribution is 2.54. The number of rotatable bonds is 2. The molecule has 4 rings (SSSR count). The van der Waals surface area contributed by atoms with Gasteiger partial charge in [-0.1, -0.05) is 12.5 Å². The Morgan fingerprint density at radius 2 is 2.10 bits per heavy atom. The molecule has 2 heterocycles. The van der Waals surface area contributed by atoms with Crippen molar-refractivity contribution in [3.05, 3.63) is 18.2 Å². The van der Waals surface area contributed by atoms with Crippen molar-refractivity contribution in [3.8, 4) is 11.5 Å². The van der Waals surface area contributed by atoms with E-state index < -0.39 is 6.29 Å². The predicted molar refractivity (Wildman–Crippen MR) is 75.6 cm³/mol. The van der Waals surface area contributed by atoms with Gasteiger partial charge in [0.15, 0.2) is 11.5 Å². The molecule has 3 aliphatic rings. The van der Waals surface area contributed by atoms with Crippen molar-refractivity contribution < 1.29 is 18.3 Å². The summed E-state index contributed by atoms with van der Waals surface area (Å²) in [5.74, 6) is 0.282. The third-order valence-corrected chi connectivity index (χ3v) is 5.98. The number of fused-ring (bicyclic) bond motifs is 1. The van der Waals surface area contributed by atoms with Gasteiger partial charge in [-0.25, -0.2) is 4.31 Å². The smallest absolute Gasteiger partial charge is 0.395 e. The van der Waals surface area contributed by atoms with Crippen molar-refractivity contribution in [1.82, 2.24) is 4.31 Å². The number of ether oxygens (including phenoxy) is 2. The van der Waals surface area contributed by atoms with Crippen molar-refractivity contribution in [2.24, 2.45) is 5.41 Å². The molecule has 1 aromatic carbocycles. The zero-order valence-electron chi connectivity index (χ0n) is 11.8. The molecular weight excluding hydrogens is 296 g/mol. The summed E-state index contributed by atoms with van der Waals surface area (Å²) >= 11 is 1.51. The molecule has 2 aliphatic heterocycles. The standard InChI is InChI=1S/C15H17F2NO2S/c1-10-8-14(6-3-7-14)9-18(10)21-12-5-2-4-11-13(12)20-15(16,17)19-11/h2,4-5,10H,3,6-9H2,1H3. The number of alkyl halides is 2. The highest BCUT2D eigenvalue weighted by atomic mass is 32.2. The van der Waals surface area contributed by atoms with Crippen LogP contribution in [0, 0.1) is 5.41 Å². The van der Waals surface area contributed by atoms with Crippen LogP contribution < -0.4 is 9.47 Å². The van der Waals surface area contributed by atoms with E-state index >= 15 is 0 Å². The lowest BCUT2D eigenvalue weighted by Gasteiger charge is -2.38. The van der Waals surface area contributed by atoms with Crippen LogP contribution in [0.5, 0.6) is 11.5 Å². The van der Waals surface area contributed by atoms with E-state index in [4.69, 9.17) is 0 Å². The summed E-state index contributed by atoms with van der Waals surface area (Å²) in [6.07, 6.45) is 1.54. The minimum Gasteiger partial charge on any atom is -0.395 e. The summed E-state index contributed by atoms with van der Waals surface area (Å²) in [5, 5.41) is 0. The van der Waals surface area contributed by atoms with Crippen LogP contribution in [-0.4, -0.2) is 23.2 Å². The second-order valence-electron chi connectivity index (χ2n) is 6.32. The van der Waals surface area contributed by atoms with Gasteiger partial charge in [0.05, 0.1) is 4.90 Å². The van der Waals surface area contributed by atoms with Crippen LogP contribution in [0.4, 0.5) is 8.78 Å². The molecule has 0 radical (unpaired) electrons. The predicted octanol–water partition coefficient (Wildman–Crippen LogP) is 4.28. The van der Waals surface area contributed by atoms with Gasteiger partial charge in [-0.3, -0.25) is 0 Å². The Morgan fingerprint density at radius 3 is 2.76 bits per heavy atom. The molecule has 1 atom stereocenters. The molecule has 1 saturated carbocycles. The molecule has 0 bridgehead atoms. The first-order chi connectivity index (χ1) is 9.96. The van der Waals surface area contributed by atoms with Gasteiger partial charge in [-0.15, -0.1) is 8.78 Å². The van der Waals surface area contributed by atoms with E-state index in [1.54, 1.807) is 6.07 Å². The zero-order chi connectivity index (χ0) is 14.7. The maximum Gasteiger partial charge on any atom is 0.586 e. The van der Waals surface area contributed by atoms with E-state index in [0.29, 0.717) is 16.4 Å². The maximum atomic E-state index is 13.2. The molecule has 2 fully saturated rings. The van der Waals surface area contributed by atoms with Gasteiger partial charge >= 0.3 is 6.29 Å². The Labute approximate surface area is 126 Å². The van der Waals surface area contributed by atoms with Crippen LogP contribution in [0.2, 0.25) is 0 Å². The van der Waals surface area contributed by atoms with Crippen molar-refractivity contribution in [2.75, 3.05) is 6.54 Å². The molecule has 114 valence electrons. The average molecular weight is 313 g/mol. The largest absolute Gasteiger partial charge is 0.586 e. The normalized spacial score (nSPS) is 28.8. The van der Waals surface area contributed by atoms with E-state index in [2.05, 4.69) is 20.7 Å². The van der Waals surface area contributed by atoms with Crippen LogP contribution in [0.3, 0.4) is 0 Å². The van der Waals surface area contributed by atoms with Crippen molar-refractivity contribution in [3.63, 3.8) is 0 Å². The van der Waals surface area contributed by atoms with Crippen molar-refractivity contribution in [1.29, 1.82) is 0 Å². The number of nitrogens with zero attached hydrogens (tertiary/aromatic N) is 1. The highest BCUT2D eigenvalue weighted by molar-refractivity contribution is 7.97. The lowest BCUT2D eigenvalue weighted by molar-refractivity contribution is -0.287. The Kier molecular flexibility index (Phi) is 2.92. The fourth-order valence-electron chi connectivity index (χ4n) is 3.58. The van der Waals surface area contributed by atoms with Gasteiger partial charge in [-0.2, -0.15) is 0 Å². The number of para-hydroxylation sites is 1. The first-order valence-electron chi connectivity index (χ1n) is 7.30. The molecule has 1 spiro atoms. The Bertz CT molecular complexity index is 577. The van der Waals surface area contributed by atoms with Crippen LogP contribution in [0.15, 0.2) is 23.1 Å². The first kappa shape index (κ1) is 13.6. The molecule has 21 heavy (non-hydrogen) atoms. The van der Waals surface area contributed by atoms with Crippen molar-refractivity contribution >= 4 is 11.9 Å². The fourth-order valence-corrected chi connectivity index (χ4v) is 4.79. The Hall–Kier alpha value is -1.01. The van der Waals surface area contributed by atoms with Gasteiger partial charge in [0.2, 0.25) is 0 Å². The molecule has 1 saturated heterocycles. The summed E-state index contributed by atoms with van der Waals surface area (Å²) in [4.78, 5) is 0.702. The highest BCUT2D eigenvalue weighted by Gasteiger charge is 2.48. The van der Waals surface area contributed by atoms with Crippen molar-refractivity contribution in [2.45, 2.75) is 49.8 Å². The van der Waals surface area contributed by atoms with Crippen LogP contribution in [0.1, 0.15) is 32.6 Å². The van der Waals surface area contributed by atoms with Gasteiger partial charge < -0.3 is 9.47 Å². The molecule has 3 nitrogen and oxygen atoms in total. The molecular formula is C15H17F2NO2S. The lowest BCUT2D eigenvalue weighted by atomic mass is 9.68. The minimum atomic E-state index is -3.55.